The maximum atomic E-state index is 12.2. The number of carbonyl (C=O) groups excluding carboxylic acids is 1. The molecule has 7 nitrogen and oxygen atoms in total. The average molecular weight is 389 g/mol. The lowest BCUT2D eigenvalue weighted by Gasteiger charge is -2.37. The molecule has 2 aliphatic heterocycles. The van der Waals surface area contributed by atoms with Gasteiger partial charge in [-0.05, 0) is 31.7 Å². The number of aliphatic imine (C=N–C) groups is 1. The van der Waals surface area contributed by atoms with Crippen LogP contribution in [0.4, 0.5) is 0 Å². The molecule has 2 unspecified atom stereocenters. The van der Waals surface area contributed by atoms with Crippen LogP contribution in [-0.2, 0) is 20.7 Å². The Morgan fingerprint density at radius 1 is 1.18 bits per heavy atom. The predicted octanol–water partition coefficient (Wildman–Crippen LogP) is 1.19. The molecule has 28 heavy (non-hydrogen) atoms. The number of guanidine groups is 1. The highest BCUT2D eigenvalue weighted by atomic mass is 16.5. The zero-order valence-corrected chi connectivity index (χ0v) is 16.7. The molecule has 0 spiro atoms. The van der Waals surface area contributed by atoms with E-state index in [-0.39, 0.29) is 24.7 Å². The molecule has 2 N–H and O–H groups in total. The van der Waals surface area contributed by atoms with Gasteiger partial charge < -0.3 is 25.0 Å². The second-order valence-electron chi connectivity index (χ2n) is 7.16. The quantitative estimate of drug-likeness (QED) is 0.542. The van der Waals surface area contributed by atoms with Gasteiger partial charge in [0.05, 0.1) is 12.7 Å². The van der Waals surface area contributed by atoms with Crippen molar-refractivity contribution >= 4 is 11.9 Å². The summed E-state index contributed by atoms with van der Waals surface area (Å²) in [6.45, 7) is 6.52. The van der Waals surface area contributed by atoms with E-state index in [0.717, 1.165) is 51.5 Å². The van der Waals surface area contributed by atoms with E-state index in [0.29, 0.717) is 13.2 Å². The maximum Gasteiger partial charge on any atom is 0.241 e. The van der Waals surface area contributed by atoms with Gasteiger partial charge in [0.25, 0.3) is 0 Å². The van der Waals surface area contributed by atoms with Gasteiger partial charge in [-0.25, -0.2) is 4.99 Å². The first-order valence-corrected chi connectivity index (χ1v) is 10.3. The largest absolute Gasteiger partial charge is 0.375 e. The van der Waals surface area contributed by atoms with Crippen LogP contribution in [0.3, 0.4) is 0 Å². The van der Waals surface area contributed by atoms with Gasteiger partial charge in [-0.3, -0.25) is 4.79 Å². The molecule has 0 aromatic heterocycles. The number of carbonyl (C=O) groups is 1. The molecule has 0 saturated carbocycles. The second-order valence-corrected chi connectivity index (χ2v) is 7.16. The normalized spacial score (nSPS) is 22.9. The summed E-state index contributed by atoms with van der Waals surface area (Å²) in [5.41, 5.74) is 1.22. The Bertz CT molecular complexity index is 632. The van der Waals surface area contributed by atoms with E-state index in [2.05, 4.69) is 32.7 Å². The lowest BCUT2D eigenvalue weighted by molar-refractivity contribution is -0.119. The molecule has 2 atom stereocenters. The van der Waals surface area contributed by atoms with Crippen molar-refractivity contribution in [2.75, 3.05) is 45.9 Å². The Morgan fingerprint density at radius 2 is 2.00 bits per heavy atom. The molecular weight excluding hydrogens is 356 g/mol. The molecule has 1 amide bonds. The van der Waals surface area contributed by atoms with Gasteiger partial charge >= 0.3 is 0 Å². The summed E-state index contributed by atoms with van der Waals surface area (Å²) in [5.74, 6) is 0.710. The molecule has 0 aliphatic carbocycles. The molecule has 0 radical (unpaired) electrons. The monoisotopic (exact) mass is 388 g/mol. The zero-order valence-electron chi connectivity index (χ0n) is 16.7. The lowest BCUT2D eigenvalue weighted by Crippen LogP contribution is -2.53. The summed E-state index contributed by atoms with van der Waals surface area (Å²) < 4.78 is 11.7. The molecule has 3 rings (SSSR count). The van der Waals surface area contributed by atoms with E-state index in [1.54, 1.807) is 0 Å². The van der Waals surface area contributed by atoms with Crippen molar-refractivity contribution in [1.29, 1.82) is 0 Å². The van der Waals surface area contributed by atoms with Gasteiger partial charge in [-0.15, -0.1) is 0 Å². The van der Waals surface area contributed by atoms with Crippen LogP contribution in [0.5, 0.6) is 0 Å². The number of benzene rings is 1. The predicted molar refractivity (Wildman–Crippen MR) is 109 cm³/mol. The first-order valence-electron chi connectivity index (χ1n) is 10.3. The molecule has 1 aromatic rings. The number of nitrogens with one attached hydrogen (secondary N) is 2. The van der Waals surface area contributed by atoms with Gasteiger partial charge in [0, 0.05) is 32.8 Å². The summed E-state index contributed by atoms with van der Waals surface area (Å²) in [7, 11) is 0. The number of rotatable bonds is 7. The van der Waals surface area contributed by atoms with Crippen molar-refractivity contribution in [2.45, 2.75) is 38.4 Å². The first kappa shape index (κ1) is 20.6. The molecule has 7 heteroatoms. The smallest absolute Gasteiger partial charge is 0.241 e. The van der Waals surface area contributed by atoms with E-state index < -0.39 is 0 Å². The Morgan fingerprint density at radius 3 is 2.75 bits per heavy atom. The SMILES string of the molecule is CCNC(=NCC(=O)NCCc1ccccc1)N1CCOC(C2CCCO2)C1. The molecule has 1 aromatic carbocycles. The minimum atomic E-state index is -0.0599. The molecule has 2 aliphatic rings. The third-order valence-corrected chi connectivity index (χ3v) is 5.06. The summed E-state index contributed by atoms with van der Waals surface area (Å²) in [5, 5.41) is 6.25. The highest BCUT2D eigenvalue weighted by molar-refractivity contribution is 5.85. The van der Waals surface area contributed by atoms with Crippen molar-refractivity contribution in [2.24, 2.45) is 4.99 Å². The number of morpholine rings is 1. The van der Waals surface area contributed by atoms with Gasteiger partial charge in [0.2, 0.25) is 5.91 Å². The zero-order chi connectivity index (χ0) is 19.6. The number of nitrogens with zero attached hydrogens (tertiary/aromatic N) is 2. The Labute approximate surface area is 167 Å². The van der Waals surface area contributed by atoms with Crippen LogP contribution < -0.4 is 10.6 Å². The topological polar surface area (TPSA) is 75.2 Å². The van der Waals surface area contributed by atoms with Gasteiger partial charge in [-0.2, -0.15) is 0 Å². The standard InChI is InChI=1S/C21H32N4O3/c1-2-22-21(25-12-14-28-19(16-25)18-9-6-13-27-18)24-15-20(26)23-11-10-17-7-4-3-5-8-17/h3-5,7-8,18-19H,2,6,9-16H2,1H3,(H,22,24)(H,23,26). The summed E-state index contributed by atoms with van der Waals surface area (Å²) in [6, 6.07) is 10.1. The lowest BCUT2D eigenvalue weighted by atomic mass is 10.1. The van der Waals surface area contributed by atoms with Crippen molar-refractivity contribution in [3.63, 3.8) is 0 Å². The van der Waals surface area contributed by atoms with E-state index in [1.807, 2.05) is 25.1 Å². The summed E-state index contributed by atoms with van der Waals surface area (Å²) in [4.78, 5) is 18.9. The maximum absolute atomic E-state index is 12.2. The van der Waals surface area contributed by atoms with Crippen molar-refractivity contribution < 1.29 is 14.3 Å². The average Bonchev–Trinajstić information content (AvgIpc) is 3.27. The molecule has 2 heterocycles. The minimum absolute atomic E-state index is 0.0599. The van der Waals surface area contributed by atoms with Gasteiger partial charge in [0.15, 0.2) is 5.96 Å². The van der Waals surface area contributed by atoms with E-state index in [9.17, 15) is 4.79 Å². The van der Waals surface area contributed by atoms with Gasteiger partial charge in [-0.1, -0.05) is 30.3 Å². The van der Waals surface area contributed by atoms with Gasteiger partial charge in [0.1, 0.15) is 12.6 Å². The molecule has 2 fully saturated rings. The molecule has 154 valence electrons. The van der Waals surface area contributed by atoms with Crippen LogP contribution in [0.15, 0.2) is 35.3 Å². The number of ether oxygens (including phenoxy) is 2. The number of hydrogen-bond donors (Lipinski definition) is 2. The van der Waals surface area contributed by atoms with Crippen LogP contribution in [0.25, 0.3) is 0 Å². The Balaban J connectivity index is 1.47. The van der Waals surface area contributed by atoms with E-state index >= 15 is 0 Å². The van der Waals surface area contributed by atoms with Crippen LogP contribution >= 0.6 is 0 Å². The number of hydrogen-bond acceptors (Lipinski definition) is 4. The molecular formula is C21H32N4O3. The summed E-state index contributed by atoms with van der Waals surface area (Å²) >= 11 is 0. The molecule has 0 bridgehead atoms. The third-order valence-electron chi connectivity index (χ3n) is 5.06. The Hall–Kier alpha value is -2.12. The van der Waals surface area contributed by atoms with Crippen molar-refractivity contribution in [3.05, 3.63) is 35.9 Å². The van der Waals surface area contributed by atoms with E-state index in [1.165, 1.54) is 5.56 Å². The Kier molecular flexibility index (Phi) is 8.11. The second kappa shape index (κ2) is 11.0. The first-order chi connectivity index (χ1) is 13.8. The fourth-order valence-corrected chi connectivity index (χ4v) is 3.61. The highest BCUT2D eigenvalue weighted by Gasteiger charge is 2.32. The summed E-state index contributed by atoms with van der Waals surface area (Å²) in [6.07, 6.45) is 3.22. The number of amides is 1. The van der Waals surface area contributed by atoms with Crippen LogP contribution in [-0.4, -0.2) is 74.9 Å². The van der Waals surface area contributed by atoms with E-state index in [4.69, 9.17) is 9.47 Å². The fraction of sp³-hybridized carbons (Fsp3) is 0.619. The highest BCUT2D eigenvalue weighted by Crippen LogP contribution is 2.21. The third kappa shape index (κ3) is 6.21. The van der Waals surface area contributed by atoms with Crippen LogP contribution in [0.2, 0.25) is 0 Å². The molecule has 2 saturated heterocycles. The van der Waals surface area contributed by atoms with Crippen LogP contribution in [0, 0.1) is 0 Å². The minimum Gasteiger partial charge on any atom is -0.375 e. The van der Waals surface area contributed by atoms with Crippen LogP contribution in [0.1, 0.15) is 25.3 Å². The van der Waals surface area contributed by atoms with Crippen molar-refractivity contribution in [1.82, 2.24) is 15.5 Å². The fourth-order valence-electron chi connectivity index (χ4n) is 3.61. The van der Waals surface area contributed by atoms with Crippen molar-refractivity contribution in [3.8, 4) is 0 Å².